The van der Waals surface area contributed by atoms with E-state index in [0.717, 1.165) is 24.8 Å². The van der Waals surface area contributed by atoms with E-state index in [1.165, 1.54) is 18.2 Å². The van der Waals surface area contributed by atoms with E-state index < -0.39 is 40.7 Å². The summed E-state index contributed by atoms with van der Waals surface area (Å²) in [6.45, 7) is 5.95. The summed E-state index contributed by atoms with van der Waals surface area (Å²) in [5.74, 6) is -0.476. The Morgan fingerprint density at radius 1 is 1.31 bits per heavy atom. The number of aliphatic hydroxyl groups is 1. The van der Waals surface area contributed by atoms with Gasteiger partial charge in [0.2, 0.25) is 5.78 Å². The van der Waals surface area contributed by atoms with Crippen LogP contribution in [-0.2, 0) is 19.1 Å². The number of carbonyl (C=O) groups excluding carboxylic acids is 2. The first-order valence-corrected chi connectivity index (χ1v) is 14.2. The predicted octanol–water partition coefficient (Wildman–Crippen LogP) is 4.52. The number of anilines is 1. The van der Waals surface area contributed by atoms with Gasteiger partial charge in [0.25, 0.3) is 0 Å². The number of allylic oxidation sites excluding steroid dienone is 4. The van der Waals surface area contributed by atoms with Crippen molar-refractivity contribution >= 4 is 17.3 Å². The highest BCUT2D eigenvalue weighted by molar-refractivity contribution is 6.01. The smallest absolute Gasteiger partial charge is 0.205 e. The summed E-state index contributed by atoms with van der Waals surface area (Å²) in [7, 11) is 0. The van der Waals surface area contributed by atoms with Gasteiger partial charge in [-0.05, 0) is 68.2 Å². The second-order valence-corrected chi connectivity index (χ2v) is 12.5. The highest BCUT2D eigenvalue weighted by atomic mass is 19.1. The molecule has 210 valence electrons. The van der Waals surface area contributed by atoms with Crippen molar-refractivity contribution in [2.45, 2.75) is 83.4 Å². The summed E-state index contributed by atoms with van der Waals surface area (Å²) in [5, 5.41) is 11.8. The summed E-state index contributed by atoms with van der Waals surface area (Å²) >= 11 is 0. The van der Waals surface area contributed by atoms with Gasteiger partial charge in [-0.3, -0.25) is 9.59 Å². The molecular weight excluding hydrogens is 501 g/mol. The molecule has 5 aliphatic rings. The molecule has 0 spiro atoms. The number of benzene rings is 1. The first kappa shape index (κ1) is 26.7. The largest absolute Gasteiger partial charge is 0.486 e. The van der Waals surface area contributed by atoms with Crippen LogP contribution in [-0.4, -0.2) is 47.4 Å². The van der Waals surface area contributed by atoms with Gasteiger partial charge < -0.3 is 25.1 Å². The normalized spacial score (nSPS) is 42.3. The number of ketones is 2. The predicted molar refractivity (Wildman–Crippen MR) is 142 cm³/mol. The van der Waals surface area contributed by atoms with Crippen LogP contribution in [0.2, 0.25) is 0 Å². The Morgan fingerprint density at radius 2 is 2.10 bits per heavy atom. The summed E-state index contributed by atoms with van der Waals surface area (Å²) in [6.07, 6.45) is 7.86. The molecule has 0 radical (unpaired) electrons. The monoisotopic (exact) mass is 539 g/mol. The SMILES string of the molecule is CCC[C@H]1O[C@@H]2C[C@H]3[C@@H]4CCC5=CC(=O)C=C[C@]5(C)C4[C@@H](O)C[C@]3(C)[C@]2(C(=O)COc2ccc(N)c(F)c2)O1. The third kappa shape index (κ3) is 3.78. The van der Waals surface area contributed by atoms with Crippen molar-refractivity contribution in [2.75, 3.05) is 12.3 Å². The van der Waals surface area contributed by atoms with Crippen molar-refractivity contribution in [2.24, 2.45) is 28.6 Å². The van der Waals surface area contributed by atoms with Gasteiger partial charge in [0.1, 0.15) is 18.2 Å². The second kappa shape index (κ2) is 9.25. The van der Waals surface area contributed by atoms with Crippen molar-refractivity contribution < 1.29 is 33.3 Å². The Hall–Kier alpha value is -2.55. The van der Waals surface area contributed by atoms with Crippen LogP contribution in [0.5, 0.6) is 5.75 Å². The van der Waals surface area contributed by atoms with E-state index in [1.807, 2.05) is 13.0 Å². The third-order valence-corrected chi connectivity index (χ3v) is 10.6. The van der Waals surface area contributed by atoms with Crippen LogP contribution in [0, 0.1) is 34.4 Å². The Morgan fingerprint density at radius 3 is 2.85 bits per heavy atom. The molecule has 3 saturated carbocycles. The van der Waals surface area contributed by atoms with Crippen molar-refractivity contribution in [3.8, 4) is 5.75 Å². The number of rotatable bonds is 6. The van der Waals surface area contributed by atoms with Gasteiger partial charge in [0.15, 0.2) is 17.7 Å². The molecule has 6 rings (SSSR count). The molecule has 3 N–H and O–H groups in total. The molecule has 1 aromatic carbocycles. The number of nitrogen functional groups attached to an aromatic ring is 1. The van der Waals surface area contributed by atoms with Crippen molar-refractivity contribution in [3.05, 3.63) is 47.8 Å². The first-order valence-electron chi connectivity index (χ1n) is 14.2. The molecule has 0 bridgehead atoms. The fourth-order valence-corrected chi connectivity index (χ4v) is 8.86. The van der Waals surface area contributed by atoms with Crippen LogP contribution in [0.15, 0.2) is 42.0 Å². The van der Waals surface area contributed by atoms with Crippen LogP contribution < -0.4 is 10.5 Å². The van der Waals surface area contributed by atoms with Crippen molar-refractivity contribution in [1.82, 2.24) is 0 Å². The van der Waals surface area contributed by atoms with Crippen molar-refractivity contribution in [1.29, 1.82) is 0 Å². The molecule has 1 aliphatic heterocycles. The minimum atomic E-state index is -1.27. The molecule has 0 amide bonds. The van der Waals surface area contributed by atoms with Crippen LogP contribution in [0.4, 0.5) is 10.1 Å². The maximum absolute atomic E-state index is 14.2. The second-order valence-electron chi connectivity index (χ2n) is 12.5. The average molecular weight is 540 g/mol. The molecule has 39 heavy (non-hydrogen) atoms. The van der Waals surface area contributed by atoms with Crippen molar-refractivity contribution in [3.63, 3.8) is 0 Å². The van der Waals surface area contributed by atoms with Crippen LogP contribution in [0.1, 0.15) is 59.3 Å². The number of ether oxygens (including phenoxy) is 3. The molecule has 1 heterocycles. The number of halogens is 1. The minimum Gasteiger partial charge on any atom is -0.486 e. The number of hydrogen-bond acceptors (Lipinski definition) is 7. The van der Waals surface area contributed by atoms with E-state index in [9.17, 15) is 19.1 Å². The Labute approximate surface area is 228 Å². The summed E-state index contributed by atoms with van der Waals surface area (Å²) in [5.41, 5.74) is 4.33. The number of aliphatic hydroxyl groups excluding tert-OH is 1. The molecule has 4 fully saturated rings. The van der Waals surface area contributed by atoms with E-state index in [0.29, 0.717) is 19.3 Å². The van der Waals surface area contributed by atoms with E-state index in [2.05, 4.69) is 13.8 Å². The number of carbonyl (C=O) groups is 2. The Kier molecular flexibility index (Phi) is 6.32. The highest BCUT2D eigenvalue weighted by Crippen LogP contribution is 2.69. The molecule has 8 heteroatoms. The zero-order chi connectivity index (χ0) is 27.7. The van der Waals surface area contributed by atoms with Gasteiger partial charge in [-0.15, -0.1) is 0 Å². The summed E-state index contributed by atoms with van der Waals surface area (Å²) in [6, 6.07) is 4.12. The average Bonchev–Trinajstić information content (AvgIpc) is 3.37. The number of Topliss-reactive ketones (excluding diaryl/α,β-unsaturated/α-hetero) is 1. The van der Waals surface area contributed by atoms with Gasteiger partial charge in [-0.25, -0.2) is 4.39 Å². The molecule has 1 aromatic rings. The lowest BCUT2D eigenvalue weighted by Crippen LogP contribution is -2.63. The summed E-state index contributed by atoms with van der Waals surface area (Å²) < 4.78 is 32.9. The van der Waals surface area contributed by atoms with E-state index in [1.54, 1.807) is 12.2 Å². The number of hydrogen-bond donors (Lipinski definition) is 2. The summed E-state index contributed by atoms with van der Waals surface area (Å²) in [4.78, 5) is 26.3. The van der Waals surface area contributed by atoms with Crippen LogP contribution in [0.3, 0.4) is 0 Å². The van der Waals surface area contributed by atoms with Gasteiger partial charge in [0, 0.05) is 22.8 Å². The lowest BCUT2D eigenvalue weighted by Gasteiger charge is -2.59. The standard InChI is InChI=1S/C31H38FNO6/c1-4-5-27-38-26-14-21-20-8-6-17-12-18(34)10-11-29(17,2)28(20)24(35)15-30(21,3)31(26,39-27)25(36)16-37-19-7-9-23(33)22(32)13-19/h7,9-13,20-21,24,26-28,35H,4-6,8,14-16,33H2,1-3H3/t20-,21-,24-,26+,27-,28?,29-,30-,31+/m0/s1. The quantitative estimate of drug-likeness (QED) is 0.512. The topological polar surface area (TPSA) is 108 Å². The van der Waals surface area contributed by atoms with Gasteiger partial charge >= 0.3 is 0 Å². The lowest BCUT2D eigenvalue weighted by atomic mass is 9.46. The molecule has 0 aromatic heterocycles. The molecule has 4 aliphatic carbocycles. The molecule has 7 nitrogen and oxygen atoms in total. The minimum absolute atomic E-state index is 0.000704. The van der Waals surface area contributed by atoms with E-state index in [-0.39, 0.29) is 47.4 Å². The molecule has 9 atom stereocenters. The zero-order valence-electron chi connectivity index (χ0n) is 22.8. The third-order valence-electron chi connectivity index (χ3n) is 10.6. The maximum atomic E-state index is 14.2. The molecule has 1 saturated heterocycles. The van der Waals surface area contributed by atoms with E-state index >= 15 is 0 Å². The molecular formula is C31H38FNO6. The zero-order valence-corrected chi connectivity index (χ0v) is 22.8. The van der Waals surface area contributed by atoms with Gasteiger partial charge in [-0.1, -0.05) is 38.8 Å². The fourth-order valence-electron chi connectivity index (χ4n) is 8.86. The first-order chi connectivity index (χ1) is 18.5. The number of fused-ring (bicyclic) bond motifs is 7. The Bertz CT molecular complexity index is 1260. The fraction of sp³-hybridized carbons (Fsp3) is 0.613. The van der Waals surface area contributed by atoms with Gasteiger partial charge in [-0.2, -0.15) is 0 Å². The van der Waals surface area contributed by atoms with Gasteiger partial charge in [0.05, 0.1) is 17.9 Å². The van der Waals surface area contributed by atoms with E-state index in [4.69, 9.17) is 19.9 Å². The Balaban J connectivity index is 1.34. The highest BCUT2D eigenvalue weighted by Gasteiger charge is 2.75. The molecule has 1 unspecified atom stereocenters. The van der Waals surface area contributed by atoms with Crippen LogP contribution >= 0.6 is 0 Å². The van der Waals surface area contributed by atoms with Crippen LogP contribution in [0.25, 0.3) is 0 Å². The lowest BCUT2D eigenvalue weighted by molar-refractivity contribution is -0.200. The maximum Gasteiger partial charge on any atom is 0.205 e. The number of nitrogens with two attached hydrogens (primary N) is 1.